The molecule has 1 fully saturated rings. The van der Waals surface area contributed by atoms with Gasteiger partial charge in [-0.1, -0.05) is 18.2 Å². The van der Waals surface area contributed by atoms with Crippen molar-refractivity contribution in [1.29, 1.82) is 0 Å². The Labute approximate surface area is 130 Å². The number of carbonyl (C=O) groups excluding carboxylic acids is 1. The van der Waals surface area contributed by atoms with E-state index in [2.05, 4.69) is 5.32 Å². The van der Waals surface area contributed by atoms with E-state index in [0.29, 0.717) is 38.3 Å². The lowest BCUT2D eigenvalue weighted by Crippen LogP contribution is -2.39. The monoisotopic (exact) mass is 310 g/mol. The number of rotatable bonds is 7. The number of nitrogens with zero attached hydrogens (tertiary/aromatic N) is 1. The second-order valence-electron chi connectivity index (χ2n) is 5.45. The van der Waals surface area contributed by atoms with Gasteiger partial charge in [0.15, 0.2) is 0 Å². The van der Waals surface area contributed by atoms with E-state index in [1.807, 2.05) is 11.9 Å². The van der Waals surface area contributed by atoms with Crippen molar-refractivity contribution in [3.05, 3.63) is 35.6 Å². The number of hydrogen-bond acceptors (Lipinski definition) is 4. The van der Waals surface area contributed by atoms with Crippen LogP contribution < -0.4 is 5.32 Å². The van der Waals surface area contributed by atoms with E-state index < -0.39 is 0 Å². The first-order chi connectivity index (χ1) is 10.6. The smallest absolute Gasteiger partial charge is 0.221 e. The molecule has 1 aromatic rings. The molecule has 1 aromatic carbocycles. The summed E-state index contributed by atoms with van der Waals surface area (Å²) in [4.78, 5) is 13.9. The largest absolute Gasteiger partial charge is 0.376 e. The van der Waals surface area contributed by atoms with Crippen LogP contribution in [0.25, 0.3) is 0 Å². The van der Waals surface area contributed by atoms with Crippen molar-refractivity contribution < 1.29 is 18.7 Å². The maximum atomic E-state index is 13.4. The molecule has 1 atom stereocenters. The van der Waals surface area contributed by atoms with Gasteiger partial charge in [0.25, 0.3) is 0 Å². The minimum absolute atomic E-state index is 0.0697. The summed E-state index contributed by atoms with van der Waals surface area (Å²) >= 11 is 0. The Morgan fingerprint density at radius 2 is 2.23 bits per heavy atom. The van der Waals surface area contributed by atoms with Crippen LogP contribution in [0.4, 0.5) is 4.39 Å². The zero-order valence-electron chi connectivity index (χ0n) is 12.9. The minimum Gasteiger partial charge on any atom is -0.376 e. The van der Waals surface area contributed by atoms with Gasteiger partial charge >= 0.3 is 0 Å². The Morgan fingerprint density at radius 1 is 1.41 bits per heavy atom. The fraction of sp³-hybridized carbons (Fsp3) is 0.562. The Hall–Kier alpha value is -1.50. The third-order valence-electron chi connectivity index (χ3n) is 3.55. The lowest BCUT2D eigenvalue weighted by molar-refractivity contribution is -0.122. The number of likely N-dealkylation sites (N-methyl/N-ethyl adjacent to an activating group) is 1. The molecule has 1 unspecified atom stereocenters. The SMILES string of the molecule is CN(CCC(=O)NCc1ccccc1F)CC1COCCO1. The van der Waals surface area contributed by atoms with Gasteiger partial charge in [0.1, 0.15) is 5.82 Å². The molecule has 1 heterocycles. The van der Waals surface area contributed by atoms with Crippen LogP contribution in [-0.4, -0.2) is 56.9 Å². The number of ether oxygens (including phenoxy) is 2. The molecule has 6 heteroatoms. The molecule has 1 aliphatic rings. The molecule has 0 radical (unpaired) electrons. The average molecular weight is 310 g/mol. The summed E-state index contributed by atoms with van der Waals surface area (Å²) in [6, 6.07) is 6.45. The number of benzene rings is 1. The summed E-state index contributed by atoms with van der Waals surface area (Å²) in [6.07, 6.45) is 0.443. The summed E-state index contributed by atoms with van der Waals surface area (Å²) in [7, 11) is 1.95. The van der Waals surface area contributed by atoms with Gasteiger partial charge < -0.3 is 19.7 Å². The first kappa shape index (κ1) is 16.9. The molecule has 0 aromatic heterocycles. The van der Waals surface area contributed by atoms with E-state index in [1.165, 1.54) is 6.07 Å². The zero-order chi connectivity index (χ0) is 15.8. The molecular weight excluding hydrogens is 287 g/mol. The minimum atomic E-state index is -0.297. The summed E-state index contributed by atoms with van der Waals surface area (Å²) < 4.78 is 24.3. The highest BCUT2D eigenvalue weighted by Gasteiger charge is 2.16. The van der Waals surface area contributed by atoms with Crippen molar-refractivity contribution in [2.24, 2.45) is 0 Å². The Bertz CT molecular complexity index is 478. The van der Waals surface area contributed by atoms with Crippen molar-refractivity contribution in [2.75, 3.05) is 40.0 Å². The van der Waals surface area contributed by atoms with Gasteiger partial charge in [-0.15, -0.1) is 0 Å². The van der Waals surface area contributed by atoms with Gasteiger partial charge in [-0.3, -0.25) is 4.79 Å². The summed E-state index contributed by atoms with van der Waals surface area (Å²) in [5.41, 5.74) is 0.497. The van der Waals surface area contributed by atoms with Crippen molar-refractivity contribution in [2.45, 2.75) is 19.1 Å². The standard InChI is InChI=1S/C16H23FN2O3/c1-19(11-14-12-21-8-9-22-14)7-6-16(20)18-10-13-4-2-3-5-15(13)17/h2-5,14H,6-12H2,1H3,(H,18,20). The highest BCUT2D eigenvalue weighted by atomic mass is 19.1. The van der Waals surface area contributed by atoms with Gasteiger partial charge in [0, 0.05) is 31.6 Å². The van der Waals surface area contributed by atoms with Crippen molar-refractivity contribution in [3.8, 4) is 0 Å². The molecule has 1 N–H and O–H groups in total. The van der Waals surface area contributed by atoms with E-state index in [0.717, 1.165) is 6.54 Å². The lowest BCUT2D eigenvalue weighted by Gasteiger charge is -2.27. The van der Waals surface area contributed by atoms with Gasteiger partial charge in [-0.05, 0) is 13.1 Å². The van der Waals surface area contributed by atoms with Gasteiger partial charge in [-0.25, -0.2) is 4.39 Å². The summed E-state index contributed by atoms with van der Waals surface area (Å²) in [6.45, 7) is 3.46. The zero-order valence-corrected chi connectivity index (χ0v) is 12.9. The number of nitrogens with one attached hydrogen (secondary N) is 1. The molecule has 0 saturated carbocycles. The summed E-state index contributed by atoms with van der Waals surface area (Å²) in [5.74, 6) is -0.384. The first-order valence-electron chi connectivity index (χ1n) is 7.53. The van der Waals surface area contributed by atoms with Gasteiger partial charge in [-0.2, -0.15) is 0 Å². The highest BCUT2D eigenvalue weighted by Crippen LogP contribution is 2.06. The van der Waals surface area contributed by atoms with Crippen molar-refractivity contribution in [3.63, 3.8) is 0 Å². The van der Waals surface area contributed by atoms with Crippen molar-refractivity contribution in [1.82, 2.24) is 10.2 Å². The van der Waals surface area contributed by atoms with Crippen LogP contribution in [0, 0.1) is 5.82 Å². The number of hydrogen-bond donors (Lipinski definition) is 1. The average Bonchev–Trinajstić information content (AvgIpc) is 2.53. The molecular formula is C16H23FN2O3. The normalized spacial score (nSPS) is 18.4. The molecule has 22 heavy (non-hydrogen) atoms. The molecule has 122 valence electrons. The fourth-order valence-corrected chi connectivity index (χ4v) is 2.30. The number of amides is 1. The summed E-state index contributed by atoms with van der Waals surface area (Å²) in [5, 5.41) is 2.74. The quantitative estimate of drug-likeness (QED) is 0.822. The van der Waals surface area contributed by atoms with E-state index in [4.69, 9.17) is 9.47 Å². The number of carbonyl (C=O) groups is 1. The van der Waals surface area contributed by atoms with Crippen LogP contribution >= 0.6 is 0 Å². The van der Waals surface area contributed by atoms with E-state index in [9.17, 15) is 9.18 Å². The van der Waals surface area contributed by atoms with Crippen molar-refractivity contribution >= 4 is 5.91 Å². The second kappa shape index (κ2) is 8.82. The maximum absolute atomic E-state index is 13.4. The predicted octanol–water partition coefficient (Wildman–Crippen LogP) is 1.18. The maximum Gasteiger partial charge on any atom is 0.221 e. The predicted molar refractivity (Wildman–Crippen MR) is 80.9 cm³/mol. The topological polar surface area (TPSA) is 50.8 Å². The van der Waals surface area contributed by atoms with Crippen LogP contribution in [0.5, 0.6) is 0 Å². The molecule has 1 amide bonds. The number of halogens is 1. The van der Waals surface area contributed by atoms with Crippen LogP contribution in [-0.2, 0) is 20.8 Å². The Kier molecular flexibility index (Phi) is 6.76. The highest BCUT2D eigenvalue weighted by molar-refractivity contribution is 5.76. The molecule has 5 nitrogen and oxygen atoms in total. The molecule has 0 spiro atoms. The molecule has 1 aliphatic heterocycles. The van der Waals surface area contributed by atoms with Crippen LogP contribution in [0.2, 0.25) is 0 Å². The first-order valence-corrected chi connectivity index (χ1v) is 7.53. The van der Waals surface area contributed by atoms with Crippen LogP contribution in [0.15, 0.2) is 24.3 Å². The second-order valence-corrected chi connectivity index (χ2v) is 5.45. The Morgan fingerprint density at radius 3 is 2.95 bits per heavy atom. The third-order valence-corrected chi connectivity index (χ3v) is 3.55. The van der Waals surface area contributed by atoms with Gasteiger partial charge in [0.2, 0.25) is 5.91 Å². The van der Waals surface area contributed by atoms with Crippen LogP contribution in [0.1, 0.15) is 12.0 Å². The van der Waals surface area contributed by atoms with E-state index in [-0.39, 0.29) is 24.4 Å². The third kappa shape index (κ3) is 5.71. The molecule has 2 rings (SSSR count). The Balaban J connectivity index is 1.63. The fourth-order valence-electron chi connectivity index (χ4n) is 2.30. The van der Waals surface area contributed by atoms with E-state index in [1.54, 1.807) is 18.2 Å². The molecule has 1 saturated heterocycles. The molecule has 0 bridgehead atoms. The van der Waals surface area contributed by atoms with Crippen LogP contribution in [0.3, 0.4) is 0 Å². The lowest BCUT2D eigenvalue weighted by atomic mass is 10.2. The van der Waals surface area contributed by atoms with E-state index >= 15 is 0 Å². The molecule has 0 aliphatic carbocycles. The van der Waals surface area contributed by atoms with Gasteiger partial charge in [0.05, 0.1) is 25.9 Å².